The smallest absolute Gasteiger partial charge is 0.280 e. The van der Waals surface area contributed by atoms with E-state index in [1.165, 1.54) is 6.92 Å². The molecule has 0 aliphatic rings. The van der Waals surface area contributed by atoms with Gasteiger partial charge >= 0.3 is 0 Å². The molecule has 0 saturated carbocycles. The number of hydrogen-bond donors (Lipinski definition) is 3. The first-order valence-electron chi connectivity index (χ1n) is 2.88. The van der Waals surface area contributed by atoms with Crippen LogP contribution in [0.5, 0.6) is 0 Å². The summed E-state index contributed by atoms with van der Waals surface area (Å²) in [6.07, 6.45) is 0. The molecule has 0 aliphatic heterocycles. The Bertz CT molecular complexity index is 182. The molecule has 1 unspecified atom stereocenters. The quantitative estimate of drug-likeness (QED) is 0.381. The van der Waals surface area contributed by atoms with Crippen LogP contribution < -0.4 is 11.1 Å². The Morgan fingerprint density at radius 2 is 2.09 bits per heavy atom. The predicted octanol–water partition coefficient (Wildman–Crippen LogP) is -1.61. The van der Waals surface area contributed by atoms with Crippen LogP contribution in [0.2, 0.25) is 0 Å². The molecule has 0 aromatic carbocycles. The van der Waals surface area contributed by atoms with E-state index >= 15 is 0 Å². The summed E-state index contributed by atoms with van der Waals surface area (Å²) in [5.41, 5.74) is 5.08. The van der Waals surface area contributed by atoms with E-state index in [9.17, 15) is 8.42 Å². The van der Waals surface area contributed by atoms with Gasteiger partial charge in [-0.2, -0.15) is 8.42 Å². The molecule has 1 atom stereocenters. The van der Waals surface area contributed by atoms with Crippen molar-refractivity contribution >= 4 is 61.5 Å². The Balaban J connectivity index is 0. The van der Waals surface area contributed by atoms with E-state index in [1.807, 2.05) is 0 Å². The molecular weight excluding hydrogens is 195 g/mol. The summed E-state index contributed by atoms with van der Waals surface area (Å²) in [6.45, 7) is 2.08. The number of hydrogen-bond acceptors (Lipinski definition) is 4. The molecule has 0 aromatic heterocycles. The van der Waals surface area contributed by atoms with E-state index < -0.39 is 15.5 Å². The molecule has 0 rings (SSSR count). The summed E-state index contributed by atoms with van der Waals surface area (Å²) in [5.74, 6) is 0. The van der Waals surface area contributed by atoms with Gasteiger partial charge in [0.1, 0.15) is 5.37 Å². The van der Waals surface area contributed by atoms with E-state index in [4.69, 9.17) is 10.3 Å². The monoisotopic (exact) mass is 207 g/mol. The van der Waals surface area contributed by atoms with Gasteiger partial charge in [-0.25, -0.2) is 0 Å². The normalized spacial score (nSPS) is 13.7. The van der Waals surface area contributed by atoms with Gasteiger partial charge < -0.3 is 5.73 Å². The summed E-state index contributed by atoms with van der Waals surface area (Å²) in [5, 5.41) is 1.58. The summed E-state index contributed by atoms with van der Waals surface area (Å²) in [6, 6.07) is 0. The minimum Gasteiger partial charge on any atom is -0.329 e. The predicted molar refractivity (Wildman–Crippen MR) is 43.8 cm³/mol. The van der Waals surface area contributed by atoms with Crippen LogP contribution in [-0.4, -0.2) is 82.8 Å². The summed E-state index contributed by atoms with van der Waals surface area (Å²) >= 11 is 0. The Morgan fingerprint density at radius 1 is 1.64 bits per heavy atom. The second-order valence-corrected chi connectivity index (χ2v) is 3.64. The molecule has 1 radical (unpaired) electrons. The van der Waals surface area contributed by atoms with E-state index in [1.54, 1.807) is 0 Å². The van der Waals surface area contributed by atoms with Gasteiger partial charge in [0.05, 0.1) is 0 Å². The van der Waals surface area contributed by atoms with Crippen molar-refractivity contribution in [1.29, 1.82) is 0 Å². The van der Waals surface area contributed by atoms with Gasteiger partial charge in [0.2, 0.25) is 0 Å². The van der Waals surface area contributed by atoms with Crippen molar-refractivity contribution in [3.8, 4) is 0 Å². The first kappa shape index (κ1) is 15.0. The Morgan fingerprint density at radius 3 is 2.36 bits per heavy atom. The zero-order chi connectivity index (χ0) is 8.20. The number of nitrogens with one attached hydrogen (secondary N) is 1. The largest absolute Gasteiger partial charge is 0.329 e. The zero-order valence-electron chi connectivity index (χ0n) is 6.74. The van der Waals surface area contributed by atoms with Crippen molar-refractivity contribution in [2.45, 2.75) is 12.3 Å². The third-order valence-electron chi connectivity index (χ3n) is 1.02. The number of rotatable bonds is 4. The molecule has 0 aliphatic carbocycles. The fourth-order valence-corrected chi connectivity index (χ4v) is 0.720. The Kier molecular flexibility index (Phi) is 9.42. The van der Waals surface area contributed by atoms with Gasteiger partial charge in [0.25, 0.3) is 10.1 Å². The number of nitrogens with two attached hydrogens (primary N) is 1. The van der Waals surface area contributed by atoms with Gasteiger partial charge in [-0.05, 0) is 6.92 Å². The van der Waals surface area contributed by atoms with Gasteiger partial charge in [-0.3, -0.25) is 9.87 Å². The Labute approximate surface area is 109 Å². The van der Waals surface area contributed by atoms with Crippen molar-refractivity contribution in [3.63, 3.8) is 0 Å². The molecule has 7 heteroatoms. The molecule has 0 bridgehead atoms. The van der Waals surface area contributed by atoms with E-state index in [0.29, 0.717) is 13.1 Å². The van der Waals surface area contributed by atoms with Crippen molar-refractivity contribution in [3.05, 3.63) is 0 Å². The molecule has 63 valence electrons. The van der Waals surface area contributed by atoms with Crippen LogP contribution >= 0.6 is 0 Å². The summed E-state index contributed by atoms with van der Waals surface area (Å²) < 4.78 is 29.0. The van der Waals surface area contributed by atoms with Crippen molar-refractivity contribution in [2.75, 3.05) is 13.1 Å². The molecule has 4 N–H and O–H groups in total. The minimum atomic E-state index is -3.94. The summed E-state index contributed by atoms with van der Waals surface area (Å²) in [4.78, 5) is 0. The molecule has 0 amide bonds. The van der Waals surface area contributed by atoms with Crippen molar-refractivity contribution < 1.29 is 13.0 Å². The van der Waals surface area contributed by atoms with E-state index in [2.05, 4.69) is 5.32 Å². The van der Waals surface area contributed by atoms with E-state index in [-0.39, 0.29) is 51.4 Å². The minimum absolute atomic E-state index is 0. The van der Waals surface area contributed by atoms with Gasteiger partial charge in [-0.1, -0.05) is 0 Å². The topological polar surface area (TPSA) is 92.4 Å². The Hall–Kier alpha value is 1.47. The van der Waals surface area contributed by atoms with Crippen molar-refractivity contribution in [1.82, 2.24) is 5.32 Å². The third-order valence-corrected chi connectivity index (χ3v) is 2.08. The molecule has 0 saturated heterocycles. The van der Waals surface area contributed by atoms with Crippen LogP contribution in [0.1, 0.15) is 6.92 Å². The second kappa shape index (κ2) is 6.93. The molecule has 0 spiro atoms. The molecule has 0 heterocycles. The fourth-order valence-electron chi connectivity index (χ4n) is 0.392. The molecule has 0 fully saturated rings. The zero-order valence-corrected chi connectivity index (χ0v) is 10.7. The summed E-state index contributed by atoms with van der Waals surface area (Å²) in [7, 11) is -3.94. The molecule has 5 nitrogen and oxygen atoms in total. The average molecular weight is 207 g/mol. The third kappa shape index (κ3) is 7.82. The maximum Gasteiger partial charge on any atom is 0.280 e. The van der Waals surface area contributed by atoms with Crippen molar-refractivity contribution in [2.24, 2.45) is 5.73 Å². The average Bonchev–Trinajstić information content (AvgIpc) is 1.80. The van der Waals surface area contributed by atoms with Crippen LogP contribution in [0.15, 0.2) is 0 Å². The van der Waals surface area contributed by atoms with Gasteiger partial charge in [-0.15, -0.1) is 0 Å². The van der Waals surface area contributed by atoms with E-state index in [0.717, 1.165) is 0 Å². The maximum absolute atomic E-state index is 10.3. The van der Waals surface area contributed by atoms with Crippen LogP contribution in [0.3, 0.4) is 0 Å². The molecular formula is C4H12KN2O3S. The van der Waals surface area contributed by atoms with Crippen LogP contribution in [0, 0.1) is 0 Å². The van der Waals surface area contributed by atoms with Crippen LogP contribution in [-0.2, 0) is 10.1 Å². The molecule has 0 aromatic rings. The first-order valence-corrected chi connectivity index (χ1v) is 4.38. The van der Waals surface area contributed by atoms with Crippen LogP contribution in [0.4, 0.5) is 0 Å². The maximum atomic E-state index is 10.3. The van der Waals surface area contributed by atoms with Gasteiger partial charge in [0, 0.05) is 64.5 Å². The molecule has 11 heavy (non-hydrogen) atoms. The second-order valence-electron chi connectivity index (χ2n) is 1.90. The SMILES string of the molecule is CC(NCCN)S(=O)(=O)O.[K]. The van der Waals surface area contributed by atoms with Gasteiger partial charge in [0.15, 0.2) is 0 Å². The standard InChI is InChI=1S/C4H12N2O3S.K/c1-4(6-3-2-5)10(7,8)9;/h4,6H,2-3,5H2,1H3,(H,7,8,9);. The first-order chi connectivity index (χ1) is 4.48. The fraction of sp³-hybridized carbons (Fsp3) is 1.00. The van der Waals surface area contributed by atoms with Crippen LogP contribution in [0.25, 0.3) is 0 Å².